The number of rotatable bonds is 4. The maximum absolute atomic E-state index is 12.6. The first-order valence-corrected chi connectivity index (χ1v) is 10.2. The lowest BCUT2D eigenvalue weighted by molar-refractivity contribution is -0.132. The third-order valence-electron chi connectivity index (χ3n) is 5.50. The maximum Gasteiger partial charge on any atom is 0.253 e. The second kappa shape index (κ2) is 8.18. The van der Waals surface area contributed by atoms with Gasteiger partial charge in [0.25, 0.3) is 5.56 Å². The first-order chi connectivity index (χ1) is 14.0. The van der Waals surface area contributed by atoms with E-state index < -0.39 is 0 Å². The highest BCUT2D eigenvalue weighted by Crippen LogP contribution is 2.21. The fourth-order valence-corrected chi connectivity index (χ4v) is 3.82. The molecule has 29 heavy (non-hydrogen) atoms. The maximum atomic E-state index is 12.6. The van der Waals surface area contributed by atoms with E-state index in [1.54, 1.807) is 11.8 Å². The lowest BCUT2D eigenvalue weighted by Gasteiger charge is -2.35. The molecule has 0 N–H and O–H groups in total. The Bertz CT molecular complexity index is 944. The van der Waals surface area contributed by atoms with E-state index in [1.165, 1.54) is 29.8 Å². The molecule has 4 heterocycles. The Labute approximate surface area is 170 Å². The topological polar surface area (TPSA) is 87.5 Å². The monoisotopic (exact) mass is 397 g/mol. The van der Waals surface area contributed by atoms with E-state index in [0.29, 0.717) is 31.9 Å². The summed E-state index contributed by atoms with van der Waals surface area (Å²) in [5, 5.41) is 0. The Morgan fingerprint density at radius 3 is 2.34 bits per heavy atom. The van der Waals surface area contributed by atoms with Gasteiger partial charge in [-0.3, -0.25) is 14.2 Å². The summed E-state index contributed by atoms with van der Waals surface area (Å²) in [4.78, 5) is 44.3. The van der Waals surface area contributed by atoms with E-state index in [9.17, 15) is 9.59 Å². The van der Waals surface area contributed by atoms with Crippen LogP contribution in [0.2, 0.25) is 0 Å². The van der Waals surface area contributed by atoms with Gasteiger partial charge in [0, 0.05) is 62.8 Å². The number of piperazine rings is 1. The molecule has 0 unspecified atom stereocenters. The van der Waals surface area contributed by atoms with Crippen molar-refractivity contribution < 1.29 is 4.79 Å². The smallest absolute Gasteiger partial charge is 0.253 e. The molecule has 0 radical (unpaired) electrons. The van der Waals surface area contributed by atoms with E-state index in [2.05, 4.69) is 19.8 Å². The Morgan fingerprint density at radius 1 is 0.931 bits per heavy atom. The molecule has 9 heteroatoms. The average Bonchev–Trinajstić information content (AvgIpc) is 3.25. The highest BCUT2D eigenvalue weighted by Gasteiger charge is 2.24. The van der Waals surface area contributed by atoms with Gasteiger partial charge in [0.15, 0.2) is 0 Å². The summed E-state index contributed by atoms with van der Waals surface area (Å²) >= 11 is 0. The summed E-state index contributed by atoms with van der Waals surface area (Å²) in [5.41, 5.74) is 1.41. The summed E-state index contributed by atoms with van der Waals surface area (Å²) < 4.78 is 1.36. The Balaban J connectivity index is 1.39. The predicted octanol–water partition coefficient (Wildman–Crippen LogP) is 0.599. The van der Waals surface area contributed by atoms with Gasteiger partial charge in [0.1, 0.15) is 12.4 Å². The van der Waals surface area contributed by atoms with Crippen LogP contribution in [-0.2, 0) is 11.3 Å². The van der Waals surface area contributed by atoms with E-state index in [-0.39, 0.29) is 18.0 Å². The molecule has 0 spiro atoms. The first kappa shape index (κ1) is 19.4. The zero-order chi connectivity index (χ0) is 20.4. The van der Waals surface area contributed by atoms with Gasteiger partial charge in [-0.1, -0.05) is 0 Å². The Morgan fingerprint density at radius 2 is 1.66 bits per heavy atom. The molecular formula is C20H27N7O2. The van der Waals surface area contributed by atoms with Crippen molar-refractivity contribution >= 4 is 17.7 Å². The lowest BCUT2D eigenvalue weighted by Crippen LogP contribution is -2.50. The van der Waals surface area contributed by atoms with Crippen molar-refractivity contribution in [1.29, 1.82) is 0 Å². The third kappa shape index (κ3) is 4.38. The van der Waals surface area contributed by atoms with Gasteiger partial charge in [-0.2, -0.15) is 4.98 Å². The number of hydrogen-bond donors (Lipinski definition) is 0. The number of carbonyl (C=O) groups excluding carboxylic acids is 1. The number of carbonyl (C=O) groups is 1. The zero-order valence-corrected chi connectivity index (χ0v) is 17.0. The number of aryl methyl sites for hydroxylation is 2. The van der Waals surface area contributed by atoms with Crippen molar-refractivity contribution in [2.75, 3.05) is 49.1 Å². The summed E-state index contributed by atoms with van der Waals surface area (Å²) in [5.74, 6) is 1.67. The number of anilines is 2. The van der Waals surface area contributed by atoms with Crippen LogP contribution in [-0.4, -0.2) is 69.6 Å². The third-order valence-corrected chi connectivity index (χ3v) is 5.50. The second-order valence-electron chi connectivity index (χ2n) is 7.73. The van der Waals surface area contributed by atoms with Gasteiger partial charge in [-0.05, 0) is 26.7 Å². The van der Waals surface area contributed by atoms with Crippen molar-refractivity contribution in [1.82, 2.24) is 24.4 Å². The van der Waals surface area contributed by atoms with Gasteiger partial charge in [-0.15, -0.1) is 0 Å². The molecule has 9 nitrogen and oxygen atoms in total. The van der Waals surface area contributed by atoms with Crippen molar-refractivity contribution in [3.05, 3.63) is 40.2 Å². The average molecular weight is 397 g/mol. The molecule has 0 aromatic carbocycles. The minimum Gasteiger partial charge on any atom is -0.353 e. The number of aromatic nitrogens is 4. The summed E-state index contributed by atoms with van der Waals surface area (Å²) in [6, 6.07) is 3.45. The van der Waals surface area contributed by atoms with E-state index >= 15 is 0 Å². The standard InChI is InChI=1S/C20H27N7O2/c1-15-12-18(28)27(14-21-15)13-19(29)25-9-7-24(8-10-25)17-11-16(2)22-20(23-17)26-5-3-4-6-26/h11-12,14H,3-10,13H2,1-2H3. The number of nitrogens with zero attached hydrogens (tertiary/aromatic N) is 7. The molecule has 1 amide bonds. The van der Waals surface area contributed by atoms with E-state index in [0.717, 1.165) is 30.5 Å². The molecule has 0 aliphatic carbocycles. The largest absolute Gasteiger partial charge is 0.353 e. The van der Waals surface area contributed by atoms with Gasteiger partial charge in [0.05, 0.1) is 6.33 Å². The van der Waals surface area contributed by atoms with E-state index in [4.69, 9.17) is 4.98 Å². The normalized spacial score (nSPS) is 17.1. The fourth-order valence-electron chi connectivity index (χ4n) is 3.82. The molecule has 2 aromatic heterocycles. The van der Waals surface area contributed by atoms with Crippen LogP contribution in [0.1, 0.15) is 24.2 Å². The number of amides is 1. The summed E-state index contributed by atoms with van der Waals surface area (Å²) in [6.45, 7) is 8.44. The van der Waals surface area contributed by atoms with Crippen LogP contribution < -0.4 is 15.4 Å². The van der Waals surface area contributed by atoms with Crippen molar-refractivity contribution in [3.63, 3.8) is 0 Å². The Hall–Kier alpha value is -2.97. The van der Waals surface area contributed by atoms with Crippen LogP contribution in [0.15, 0.2) is 23.3 Å². The van der Waals surface area contributed by atoms with Crippen LogP contribution in [0.3, 0.4) is 0 Å². The van der Waals surface area contributed by atoms with Gasteiger partial charge in [-0.25, -0.2) is 9.97 Å². The van der Waals surface area contributed by atoms with Crippen molar-refractivity contribution in [2.24, 2.45) is 0 Å². The van der Waals surface area contributed by atoms with Crippen LogP contribution >= 0.6 is 0 Å². The van der Waals surface area contributed by atoms with Crippen molar-refractivity contribution in [2.45, 2.75) is 33.2 Å². The quantitative estimate of drug-likeness (QED) is 0.747. The molecule has 2 fully saturated rings. The fraction of sp³-hybridized carbons (Fsp3) is 0.550. The number of hydrogen-bond acceptors (Lipinski definition) is 7. The van der Waals surface area contributed by atoms with E-state index in [1.807, 2.05) is 13.0 Å². The minimum atomic E-state index is -0.199. The molecule has 4 rings (SSSR count). The first-order valence-electron chi connectivity index (χ1n) is 10.2. The van der Waals surface area contributed by atoms with Gasteiger partial charge in [0.2, 0.25) is 11.9 Å². The minimum absolute atomic E-state index is 0.0256. The Kier molecular flexibility index (Phi) is 5.46. The molecular weight excluding hydrogens is 370 g/mol. The van der Waals surface area contributed by atoms with Gasteiger partial charge < -0.3 is 14.7 Å². The summed E-state index contributed by atoms with van der Waals surface area (Å²) in [6.07, 6.45) is 3.81. The zero-order valence-electron chi connectivity index (χ0n) is 17.0. The molecule has 154 valence electrons. The summed E-state index contributed by atoms with van der Waals surface area (Å²) in [7, 11) is 0. The highest BCUT2D eigenvalue weighted by molar-refractivity contribution is 5.76. The highest BCUT2D eigenvalue weighted by atomic mass is 16.2. The molecule has 0 atom stereocenters. The molecule has 0 saturated carbocycles. The van der Waals surface area contributed by atoms with Crippen LogP contribution in [0.4, 0.5) is 11.8 Å². The molecule has 2 saturated heterocycles. The van der Waals surface area contributed by atoms with Gasteiger partial charge >= 0.3 is 0 Å². The molecule has 2 aromatic rings. The second-order valence-corrected chi connectivity index (χ2v) is 7.73. The molecule has 0 bridgehead atoms. The molecule has 2 aliphatic rings. The van der Waals surface area contributed by atoms with Crippen LogP contribution in [0.5, 0.6) is 0 Å². The van der Waals surface area contributed by atoms with Crippen LogP contribution in [0.25, 0.3) is 0 Å². The van der Waals surface area contributed by atoms with Crippen LogP contribution in [0, 0.1) is 13.8 Å². The predicted molar refractivity (Wildman–Crippen MR) is 110 cm³/mol. The SMILES string of the molecule is Cc1cc(=O)n(CC(=O)N2CCN(c3cc(C)nc(N4CCCC4)n3)CC2)cn1. The van der Waals surface area contributed by atoms with Crippen molar-refractivity contribution in [3.8, 4) is 0 Å². The lowest BCUT2D eigenvalue weighted by atomic mass is 10.3. The molecule has 2 aliphatic heterocycles.